The van der Waals surface area contributed by atoms with Gasteiger partial charge in [0.05, 0.1) is 25.6 Å². The highest BCUT2D eigenvalue weighted by molar-refractivity contribution is 6.04. The summed E-state index contributed by atoms with van der Waals surface area (Å²) in [4.78, 5) is 22.5. The Balaban J connectivity index is 1.35. The Kier molecular flexibility index (Phi) is 5.55. The molecule has 7 heteroatoms. The van der Waals surface area contributed by atoms with Crippen LogP contribution in [-0.2, 0) is 9.63 Å². The Labute approximate surface area is 170 Å². The predicted molar refractivity (Wildman–Crippen MR) is 111 cm³/mol. The molecule has 0 aliphatic carbocycles. The highest BCUT2D eigenvalue weighted by Gasteiger charge is 2.34. The lowest BCUT2D eigenvalue weighted by atomic mass is 10.0. The summed E-state index contributed by atoms with van der Waals surface area (Å²) in [7, 11) is 3.30. The van der Waals surface area contributed by atoms with E-state index in [1.54, 1.807) is 14.2 Å². The first-order valence-electron chi connectivity index (χ1n) is 9.73. The summed E-state index contributed by atoms with van der Waals surface area (Å²) < 4.78 is 10.7. The zero-order valence-corrected chi connectivity index (χ0v) is 16.7. The highest BCUT2D eigenvalue weighted by atomic mass is 16.6. The minimum absolute atomic E-state index is 0.00803. The summed E-state index contributed by atoms with van der Waals surface area (Å²) in [6.07, 6.45) is -0.0901. The molecule has 2 aromatic carbocycles. The highest BCUT2D eigenvalue weighted by Crippen LogP contribution is 2.29. The van der Waals surface area contributed by atoms with Gasteiger partial charge >= 0.3 is 0 Å². The van der Waals surface area contributed by atoms with Crippen molar-refractivity contribution in [1.29, 1.82) is 0 Å². The van der Waals surface area contributed by atoms with Gasteiger partial charge in [-0.3, -0.25) is 4.79 Å². The third-order valence-electron chi connectivity index (χ3n) is 5.36. The van der Waals surface area contributed by atoms with E-state index in [1.807, 2.05) is 53.4 Å². The van der Waals surface area contributed by atoms with Crippen LogP contribution >= 0.6 is 0 Å². The largest absolute Gasteiger partial charge is 0.497 e. The van der Waals surface area contributed by atoms with Gasteiger partial charge in [-0.25, -0.2) is 0 Å². The fourth-order valence-electron chi connectivity index (χ4n) is 3.75. The minimum Gasteiger partial charge on any atom is -0.497 e. The molecular weight excluding hydrogens is 370 g/mol. The van der Waals surface area contributed by atoms with E-state index in [9.17, 15) is 4.79 Å². The number of benzene rings is 2. The van der Waals surface area contributed by atoms with Crippen molar-refractivity contribution >= 4 is 17.3 Å². The Morgan fingerprint density at radius 1 is 1.03 bits per heavy atom. The van der Waals surface area contributed by atoms with Crippen LogP contribution in [0.5, 0.6) is 11.5 Å². The second kappa shape index (κ2) is 8.43. The van der Waals surface area contributed by atoms with E-state index < -0.39 is 6.10 Å². The fraction of sp³-hybridized carbons (Fsp3) is 0.364. The second-order valence-corrected chi connectivity index (χ2v) is 7.05. The number of piperazine rings is 1. The summed E-state index contributed by atoms with van der Waals surface area (Å²) in [6, 6.07) is 15.6. The third-order valence-corrected chi connectivity index (χ3v) is 5.36. The van der Waals surface area contributed by atoms with Gasteiger partial charge < -0.3 is 24.1 Å². The fourth-order valence-corrected chi connectivity index (χ4v) is 3.75. The number of nitrogens with zero attached hydrogens (tertiary/aromatic N) is 3. The number of carbonyl (C=O) groups is 1. The van der Waals surface area contributed by atoms with Crippen LogP contribution in [0.1, 0.15) is 12.0 Å². The van der Waals surface area contributed by atoms with E-state index in [0.717, 1.165) is 41.6 Å². The van der Waals surface area contributed by atoms with Gasteiger partial charge in [0.15, 0.2) is 0 Å². The number of carbonyl (C=O) groups excluding carboxylic acids is 1. The third kappa shape index (κ3) is 3.99. The summed E-state index contributed by atoms with van der Waals surface area (Å²) in [5.74, 6) is 1.60. The maximum Gasteiger partial charge on any atom is 0.267 e. The molecule has 1 saturated heterocycles. The van der Waals surface area contributed by atoms with E-state index in [1.165, 1.54) is 0 Å². The number of rotatable bonds is 5. The van der Waals surface area contributed by atoms with Gasteiger partial charge in [-0.05, 0) is 24.3 Å². The Bertz CT molecular complexity index is 906. The second-order valence-electron chi connectivity index (χ2n) is 7.05. The van der Waals surface area contributed by atoms with Crippen LogP contribution in [0.2, 0.25) is 0 Å². The normalized spacial score (nSPS) is 18.8. The standard InChI is InChI=1S/C22H25N3O4/c1-27-17-7-5-6-16(14-17)18-15-21(29-23-18)22(26)25-12-10-24(11-13-25)19-8-3-4-9-20(19)28-2/h3-9,14,21H,10-13,15H2,1-2H3/t21-/m1/s1. The predicted octanol–water partition coefficient (Wildman–Crippen LogP) is 2.55. The molecule has 29 heavy (non-hydrogen) atoms. The van der Waals surface area contributed by atoms with Crippen LogP contribution < -0.4 is 14.4 Å². The molecule has 0 aromatic heterocycles. The Morgan fingerprint density at radius 2 is 1.83 bits per heavy atom. The average molecular weight is 395 g/mol. The molecule has 7 nitrogen and oxygen atoms in total. The molecule has 0 saturated carbocycles. The molecule has 1 fully saturated rings. The molecular formula is C22H25N3O4. The number of hydrogen-bond acceptors (Lipinski definition) is 6. The van der Waals surface area contributed by atoms with Gasteiger partial charge in [0.25, 0.3) is 5.91 Å². The SMILES string of the molecule is COc1cccc(C2=NO[C@@H](C(=O)N3CCN(c4ccccc4OC)CC3)C2)c1. The van der Waals surface area contributed by atoms with Crippen molar-refractivity contribution in [3.05, 3.63) is 54.1 Å². The van der Waals surface area contributed by atoms with E-state index in [-0.39, 0.29) is 5.91 Å². The molecule has 0 unspecified atom stereocenters. The molecule has 2 aliphatic rings. The van der Waals surface area contributed by atoms with Crippen LogP contribution in [0, 0.1) is 0 Å². The van der Waals surface area contributed by atoms with Crippen LogP contribution in [0.25, 0.3) is 0 Å². The smallest absolute Gasteiger partial charge is 0.267 e. The lowest BCUT2D eigenvalue weighted by molar-refractivity contribution is -0.142. The number of hydrogen-bond donors (Lipinski definition) is 0. The van der Waals surface area contributed by atoms with Gasteiger partial charge in [-0.1, -0.05) is 29.4 Å². The Morgan fingerprint density at radius 3 is 2.59 bits per heavy atom. The molecule has 1 amide bonds. The van der Waals surface area contributed by atoms with E-state index in [4.69, 9.17) is 14.3 Å². The molecule has 1 atom stereocenters. The van der Waals surface area contributed by atoms with E-state index >= 15 is 0 Å². The van der Waals surface area contributed by atoms with E-state index in [2.05, 4.69) is 10.1 Å². The monoisotopic (exact) mass is 395 g/mol. The molecule has 0 spiro atoms. The van der Waals surface area contributed by atoms with Crippen molar-refractivity contribution in [3.8, 4) is 11.5 Å². The van der Waals surface area contributed by atoms with Crippen molar-refractivity contribution in [2.45, 2.75) is 12.5 Å². The molecule has 4 rings (SSSR count). The molecule has 152 valence electrons. The number of oxime groups is 1. The summed E-state index contributed by atoms with van der Waals surface area (Å²) >= 11 is 0. The molecule has 0 radical (unpaired) electrons. The zero-order chi connectivity index (χ0) is 20.2. The maximum absolute atomic E-state index is 12.9. The van der Waals surface area contributed by atoms with Gasteiger partial charge in [-0.15, -0.1) is 0 Å². The molecule has 2 aliphatic heterocycles. The zero-order valence-electron chi connectivity index (χ0n) is 16.7. The average Bonchev–Trinajstić information content (AvgIpc) is 3.29. The van der Waals surface area contributed by atoms with Gasteiger partial charge in [-0.2, -0.15) is 0 Å². The van der Waals surface area contributed by atoms with Crippen LogP contribution in [-0.4, -0.2) is 63.0 Å². The maximum atomic E-state index is 12.9. The first-order valence-corrected chi connectivity index (χ1v) is 9.73. The quantitative estimate of drug-likeness (QED) is 0.779. The van der Waals surface area contributed by atoms with Gasteiger partial charge in [0.1, 0.15) is 11.5 Å². The van der Waals surface area contributed by atoms with Crippen molar-refractivity contribution in [2.24, 2.45) is 5.16 Å². The number of methoxy groups -OCH3 is 2. The van der Waals surface area contributed by atoms with Crippen molar-refractivity contribution < 1.29 is 19.1 Å². The van der Waals surface area contributed by atoms with Gasteiger partial charge in [0, 0.05) is 38.2 Å². The van der Waals surface area contributed by atoms with Crippen molar-refractivity contribution in [2.75, 3.05) is 45.3 Å². The van der Waals surface area contributed by atoms with Crippen LogP contribution in [0.15, 0.2) is 53.7 Å². The first-order chi connectivity index (χ1) is 14.2. The number of para-hydroxylation sites is 2. The number of ether oxygens (including phenoxy) is 2. The lowest BCUT2D eigenvalue weighted by Crippen LogP contribution is -2.51. The number of anilines is 1. The minimum atomic E-state index is -0.561. The molecule has 0 bridgehead atoms. The van der Waals surface area contributed by atoms with Crippen molar-refractivity contribution in [3.63, 3.8) is 0 Å². The van der Waals surface area contributed by atoms with Crippen LogP contribution in [0.3, 0.4) is 0 Å². The number of amides is 1. The molecule has 2 aromatic rings. The topological polar surface area (TPSA) is 63.6 Å². The molecule has 0 N–H and O–H groups in total. The Hall–Kier alpha value is -3.22. The van der Waals surface area contributed by atoms with E-state index in [0.29, 0.717) is 19.5 Å². The summed E-state index contributed by atoms with van der Waals surface area (Å²) in [5, 5.41) is 4.15. The summed E-state index contributed by atoms with van der Waals surface area (Å²) in [5.41, 5.74) is 2.75. The van der Waals surface area contributed by atoms with Crippen LogP contribution in [0.4, 0.5) is 5.69 Å². The van der Waals surface area contributed by atoms with Gasteiger partial charge in [0.2, 0.25) is 6.10 Å². The lowest BCUT2D eigenvalue weighted by Gasteiger charge is -2.37. The first kappa shape index (κ1) is 19.1. The summed E-state index contributed by atoms with van der Waals surface area (Å²) in [6.45, 7) is 2.79. The molecule has 2 heterocycles. The van der Waals surface area contributed by atoms with Crippen molar-refractivity contribution in [1.82, 2.24) is 4.90 Å².